The first kappa shape index (κ1) is 39.6. The number of carbonyl (C=O) groups is 4. The lowest BCUT2D eigenvalue weighted by Gasteiger charge is -2.34. The Hall–Kier alpha value is -5.60. The van der Waals surface area contributed by atoms with Crippen LogP contribution in [0.1, 0.15) is 83.4 Å². The van der Waals surface area contributed by atoms with Crippen LogP contribution in [0.5, 0.6) is 5.75 Å². The number of imide groups is 1. The third kappa shape index (κ3) is 9.18. The number of aliphatic hydroxyl groups excluding tert-OH is 1. The van der Waals surface area contributed by atoms with Crippen molar-refractivity contribution in [2.45, 2.75) is 70.4 Å². The molecule has 4 aromatic rings. The van der Waals surface area contributed by atoms with Gasteiger partial charge in [0.1, 0.15) is 23.6 Å². The molecule has 2 atom stereocenters. The van der Waals surface area contributed by atoms with Gasteiger partial charge in [-0.15, -0.1) is 0 Å². The highest BCUT2D eigenvalue weighted by Crippen LogP contribution is 2.37. The number of aromatic amines is 1. The number of piperazine rings is 1. The SMILES string of the molecule is CC(C)(Cn1ccc(-c2ccc(C#N)c(Cl)c2)n1)NC(=O)c1cc(CN2CCN(CCCCOc3ccc4c(c3)C(=O)N(C3CCC(=O)NC3=O)C4O)CC2)[nH]n1. The standard InChI is InChI=1S/C40H45ClN10O6/c1-40(2,24-50-13-11-32(47-50)25-5-6-26(22-42)31(41)19-25)44-36(53)33-20-27(45-46-33)23-49-16-14-48(15-17-49)12-3-4-18-57-28-7-8-29-30(21-28)39(56)51(38(29)55)34-9-10-35(52)43-37(34)54/h5-8,11,13,19-21,34,38,55H,3-4,9-10,12,14-18,23-24H2,1-2H3,(H,44,53)(H,45,46)(H,43,52,54). The summed E-state index contributed by atoms with van der Waals surface area (Å²) in [4.78, 5) is 56.1. The quantitative estimate of drug-likeness (QED) is 0.108. The maximum atomic E-state index is 13.2. The second-order valence-electron chi connectivity index (χ2n) is 15.3. The van der Waals surface area contributed by atoms with Crippen LogP contribution >= 0.6 is 11.6 Å². The lowest BCUT2D eigenvalue weighted by atomic mass is 10.0. The van der Waals surface area contributed by atoms with Gasteiger partial charge in [-0.3, -0.25) is 44.1 Å². The van der Waals surface area contributed by atoms with Crippen LogP contribution in [0, 0.1) is 11.3 Å². The van der Waals surface area contributed by atoms with Gasteiger partial charge in [-0.1, -0.05) is 23.7 Å². The van der Waals surface area contributed by atoms with E-state index in [1.165, 1.54) is 0 Å². The van der Waals surface area contributed by atoms with E-state index in [9.17, 15) is 24.3 Å². The molecular weight excluding hydrogens is 752 g/mol. The van der Waals surface area contributed by atoms with E-state index in [0.717, 1.165) is 61.7 Å². The van der Waals surface area contributed by atoms with Crippen molar-refractivity contribution in [3.63, 3.8) is 0 Å². The fraction of sp³-hybridized carbons (Fsp3) is 0.425. The van der Waals surface area contributed by atoms with Crippen LogP contribution in [0.25, 0.3) is 11.3 Å². The molecule has 0 aliphatic carbocycles. The van der Waals surface area contributed by atoms with Crippen molar-refractivity contribution in [1.82, 2.24) is 45.3 Å². The van der Waals surface area contributed by atoms with Crippen LogP contribution in [0.4, 0.5) is 0 Å². The average Bonchev–Trinajstić information content (AvgIpc) is 3.90. The largest absolute Gasteiger partial charge is 0.494 e. The number of nitriles is 1. The van der Waals surface area contributed by atoms with E-state index in [2.05, 4.69) is 41.8 Å². The van der Waals surface area contributed by atoms with E-state index in [1.807, 2.05) is 26.1 Å². The summed E-state index contributed by atoms with van der Waals surface area (Å²) in [6.45, 7) is 9.95. The number of halogens is 1. The summed E-state index contributed by atoms with van der Waals surface area (Å²) in [5.41, 5.74) is 3.20. The number of H-pyrrole nitrogens is 1. The monoisotopic (exact) mass is 796 g/mol. The second kappa shape index (κ2) is 16.9. The van der Waals surface area contributed by atoms with Crippen molar-refractivity contribution in [2.24, 2.45) is 0 Å². The van der Waals surface area contributed by atoms with Gasteiger partial charge in [-0.2, -0.15) is 15.5 Å². The minimum Gasteiger partial charge on any atom is -0.494 e. The topological polar surface area (TPSA) is 202 Å². The van der Waals surface area contributed by atoms with E-state index in [1.54, 1.807) is 47.1 Å². The minimum atomic E-state index is -1.26. The lowest BCUT2D eigenvalue weighted by Crippen LogP contribution is -2.53. The molecule has 17 heteroatoms. The summed E-state index contributed by atoms with van der Waals surface area (Å²) in [6.07, 6.45) is 2.63. The molecule has 2 aromatic heterocycles. The van der Waals surface area contributed by atoms with Gasteiger partial charge in [0.05, 0.1) is 46.2 Å². The smallest absolute Gasteiger partial charge is 0.272 e. The number of unbranched alkanes of at least 4 members (excludes halogenated alkanes) is 1. The summed E-state index contributed by atoms with van der Waals surface area (Å²) < 4.78 is 7.71. The Morgan fingerprint density at radius 1 is 1.07 bits per heavy atom. The van der Waals surface area contributed by atoms with Crippen molar-refractivity contribution in [1.29, 1.82) is 5.26 Å². The molecule has 57 heavy (non-hydrogen) atoms. The fourth-order valence-corrected chi connectivity index (χ4v) is 7.70. The molecule has 2 fully saturated rings. The number of nitrogens with zero attached hydrogens (tertiary/aromatic N) is 7. The number of aromatic nitrogens is 4. The highest BCUT2D eigenvalue weighted by atomic mass is 35.5. The number of fused-ring (bicyclic) bond motifs is 1. The van der Waals surface area contributed by atoms with Crippen LogP contribution in [-0.2, 0) is 22.7 Å². The van der Waals surface area contributed by atoms with Gasteiger partial charge in [0.25, 0.3) is 11.8 Å². The summed E-state index contributed by atoms with van der Waals surface area (Å²) in [6, 6.07) is 15.0. The van der Waals surface area contributed by atoms with Gasteiger partial charge in [-0.05, 0) is 76.1 Å². The number of piperidine rings is 1. The van der Waals surface area contributed by atoms with Crippen molar-refractivity contribution in [2.75, 3.05) is 39.3 Å². The Balaban J connectivity index is 0.800. The Morgan fingerprint density at radius 2 is 1.86 bits per heavy atom. The Bertz CT molecular complexity index is 2200. The molecule has 7 rings (SSSR count). The molecule has 0 bridgehead atoms. The molecule has 2 saturated heterocycles. The third-order valence-corrected chi connectivity index (χ3v) is 10.8. The maximum absolute atomic E-state index is 13.2. The molecule has 5 heterocycles. The zero-order valence-corrected chi connectivity index (χ0v) is 32.6. The van der Waals surface area contributed by atoms with Crippen molar-refractivity contribution in [3.8, 4) is 23.1 Å². The average molecular weight is 797 g/mol. The van der Waals surface area contributed by atoms with Crippen LogP contribution in [0.2, 0.25) is 5.02 Å². The number of ether oxygens (including phenoxy) is 1. The van der Waals surface area contributed by atoms with Gasteiger partial charge in [0.2, 0.25) is 11.8 Å². The Labute approximate surface area is 334 Å². The van der Waals surface area contributed by atoms with Crippen LogP contribution < -0.4 is 15.4 Å². The summed E-state index contributed by atoms with van der Waals surface area (Å²) >= 11 is 6.20. The predicted molar refractivity (Wildman–Crippen MR) is 208 cm³/mol. The molecule has 3 aliphatic heterocycles. The van der Waals surface area contributed by atoms with E-state index < -0.39 is 29.6 Å². The Kier molecular flexibility index (Phi) is 11.7. The van der Waals surface area contributed by atoms with Crippen LogP contribution in [0.15, 0.2) is 54.7 Å². The fourth-order valence-electron chi connectivity index (χ4n) is 7.48. The van der Waals surface area contributed by atoms with Crippen LogP contribution in [-0.4, -0.2) is 114 Å². The molecule has 3 aliphatic rings. The third-order valence-electron chi connectivity index (χ3n) is 10.5. The molecule has 0 saturated carbocycles. The highest BCUT2D eigenvalue weighted by Gasteiger charge is 2.44. The zero-order chi connectivity index (χ0) is 40.3. The zero-order valence-electron chi connectivity index (χ0n) is 31.8. The van der Waals surface area contributed by atoms with Crippen molar-refractivity contribution in [3.05, 3.63) is 87.8 Å². The first-order valence-corrected chi connectivity index (χ1v) is 19.4. The molecule has 16 nitrogen and oxygen atoms in total. The van der Waals surface area contributed by atoms with Crippen LogP contribution in [0.3, 0.4) is 0 Å². The lowest BCUT2D eigenvalue weighted by molar-refractivity contribution is -0.139. The number of benzene rings is 2. The van der Waals surface area contributed by atoms with Crippen molar-refractivity contribution >= 4 is 35.2 Å². The van der Waals surface area contributed by atoms with E-state index >= 15 is 0 Å². The predicted octanol–water partition coefficient (Wildman–Crippen LogP) is 3.24. The van der Waals surface area contributed by atoms with E-state index in [0.29, 0.717) is 58.5 Å². The second-order valence-corrected chi connectivity index (χ2v) is 15.7. The summed E-state index contributed by atoms with van der Waals surface area (Å²) in [5.74, 6) is -1.17. The number of hydrogen-bond donors (Lipinski definition) is 4. The number of nitrogens with one attached hydrogen (secondary N) is 3. The van der Waals surface area contributed by atoms with Crippen molar-refractivity contribution < 1.29 is 29.0 Å². The molecular formula is C40H45ClN10O6. The van der Waals surface area contributed by atoms with Gasteiger partial charge in [0, 0.05) is 56.5 Å². The first-order chi connectivity index (χ1) is 27.4. The molecule has 4 N–H and O–H groups in total. The number of carbonyl (C=O) groups excluding carboxylic acids is 4. The molecule has 0 spiro atoms. The number of amides is 4. The summed E-state index contributed by atoms with van der Waals surface area (Å²) in [7, 11) is 0. The highest BCUT2D eigenvalue weighted by molar-refractivity contribution is 6.32. The normalized spacial score (nSPS) is 19.0. The maximum Gasteiger partial charge on any atom is 0.272 e. The minimum absolute atomic E-state index is 0.110. The first-order valence-electron chi connectivity index (χ1n) is 19.0. The van der Waals surface area contributed by atoms with E-state index in [-0.39, 0.29) is 24.7 Å². The number of hydrogen-bond acceptors (Lipinski definition) is 11. The molecule has 0 radical (unpaired) electrons. The van der Waals surface area contributed by atoms with E-state index in [4.69, 9.17) is 21.6 Å². The molecule has 298 valence electrons. The van der Waals surface area contributed by atoms with Gasteiger partial charge in [-0.25, -0.2) is 0 Å². The van der Waals surface area contributed by atoms with Gasteiger partial charge >= 0.3 is 0 Å². The molecule has 2 unspecified atom stereocenters. The Morgan fingerprint density at radius 3 is 2.61 bits per heavy atom. The number of aliphatic hydroxyl groups is 1. The molecule has 2 aromatic carbocycles. The van der Waals surface area contributed by atoms with Gasteiger partial charge in [0.15, 0.2) is 6.23 Å². The number of rotatable bonds is 14. The summed E-state index contributed by atoms with van der Waals surface area (Å²) in [5, 5.41) is 37.6. The van der Waals surface area contributed by atoms with Gasteiger partial charge < -0.3 is 20.1 Å². The molecule has 4 amide bonds.